The minimum Gasteiger partial charge on any atom is -0.444 e. The number of fused-ring (bicyclic) bond motifs is 1. The van der Waals surface area contributed by atoms with Crippen molar-refractivity contribution in [1.29, 1.82) is 0 Å². The lowest BCUT2D eigenvalue weighted by atomic mass is 10.0. The summed E-state index contributed by atoms with van der Waals surface area (Å²) in [5.41, 5.74) is 2.89. The van der Waals surface area contributed by atoms with E-state index in [9.17, 15) is 4.79 Å². The third-order valence-corrected chi connectivity index (χ3v) is 4.02. The van der Waals surface area contributed by atoms with Crippen LogP contribution in [0.15, 0.2) is 24.5 Å². The van der Waals surface area contributed by atoms with Crippen LogP contribution in [0.25, 0.3) is 5.65 Å². The Kier molecular flexibility index (Phi) is 3.59. The predicted octanol–water partition coefficient (Wildman–Crippen LogP) is 3.37. The Bertz CT molecular complexity index is 699. The maximum atomic E-state index is 12.2. The van der Waals surface area contributed by atoms with E-state index in [2.05, 4.69) is 21.6 Å². The Hall–Kier alpha value is -2.04. The number of likely N-dealkylation sites (tertiary alicyclic amines) is 1. The summed E-state index contributed by atoms with van der Waals surface area (Å²) in [5, 5.41) is 0. The van der Waals surface area contributed by atoms with Crippen molar-refractivity contribution in [2.75, 3.05) is 13.1 Å². The molecule has 3 rings (SSSR count). The average molecular weight is 301 g/mol. The van der Waals surface area contributed by atoms with Crippen LogP contribution in [0.5, 0.6) is 0 Å². The van der Waals surface area contributed by atoms with Gasteiger partial charge in [-0.25, -0.2) is 9.78 Å². The molecule has 0 radical (unpaired) electrons. The van der Waals surface area contributed by atoms with Gasteiger partial charge in [-0.3, -0.25) is 0 Å². The molecule has 0 unspecified atom stereocenters. The molecule has 3 heterocycles. The van der Waals surface area contributed by atoms with Crippen LogP contribution in [0.2, 0.25) is 0 Å². The van der Waals surface area contributed by atoms with Crippen molar-refractivity contribution in [1.82, 2.24) is 14.3 Å². The predicted molar refractivity (Wildman–Crippen MR) is 85.1 cm³/mol. The molecule has 0 aliphatic carbocycles. The summed E-state index contributed by atoms with van der Waals surface area (Å²) in [7, 11) is 0. The monoisotopic (exact) mass is 301 g/mol. The molecule has 1 saturated heterocycles. The van der Waals surface area contributed by atoms with E-state index in [-0.39, 0.29) is 6.09 Å². The van der Waals surface area contributed by atoms with E-state index in [0.717, 1.165) is 24.3 Å². The molecule has 0 N–H and O–H groups in total. The number of aryl methyl sites for hydroxylation is 1. The van der Waals surface area contributed by atoms with Crippen LogP contribution in [0.4, 0.5) is 4.79 Å². The van der Waals surface area contributed by atoms with E-state index in [0.29, 0.717) is 12.5 Å². The molecule has 118 valence electrons. The summed E-state index contributed by atoms with van der Waals surface area (Å²) in [6, 6.07) is 4.16. The first-order valence-corrected chi connectivity index (χ1v) is 7.75. The summed E-state index contributed by atoms with van der Waals surface area (Å²) in [6.45, 7) is 9.21. The van der Waals surface area contributed by atoms with Crippen LogP contribution in [-0.2, 0) is 4.74 Å². The number of pyridine rings is 1. The van der Waals surface area contributed by atoms with Gasteiger partial charge in [0.05, 0.1) is 0 Å². The van der Waals surface area contributed by atoms with Crippen molar-refractivity contribution in [2.24, 2.45) is 0 Å². The maximum absolute atomic E-state index is 12.2. The number of rotatable bonds is 1. The van der Waals surface area contributed by atoms with Gasteiger partial charge in [-0.05, 0) is 45.7 Å². The van der Waals surface area contributed by atoms with Crippen LogP contribution >= 0.6 is 0 Å². The number of hydrogen-bond acceptors (Lipinski definition) is 3. The average Bonchev–Trinajstić information content (AvgIpc) is 3.04. The zero-order valence-electron chi connectivity index (χ0n) is 13.7. The molecule has 0 spiro atoms. The molecule has 0 bridgehead atoms. The number of aromatic nitrogens is 2. The second-order valence-electron chi connectivity index (χ2n) is 7.00. The molecule has 5 heteroatoms. The lowest BCUT2D eigenvalue weighted by Crippen LogP contribution is -2.35. The van der Waals surface area contributed by atoms with Gasteiger partial charge >= 0.3 is 6.09 Å². The van der Waals surface area contributed by atoms with E-state index in [4.69, 9.17) is 4.74 Å². The molecule has 2 aromatic rings. The van der Waals surface area contributed by atoms with Gasteiger partial charge in [-0.1, -0.05) is 6.07 Å². The second kappa shape index (κ2) is 5.30. The zero-order valence-corrected chi connectivity index (χ0v) is 13.7. The highest BCUT2D eigenvalue weighted by Crippen LogP contribution is 2.28. The molecular formula is C17H23N3O2. The van der Waals surface area contributed by atoms with Crippen LogP contribution in [0.3, 0.4) is 0 Å². The second-order valence-corrected chi connectivity index (χ2v) is 7.00. The van der Waals surface area contributed by atoms with Gasteiger partial charge in [0.1, 0.15) is 11.2 Å². The number of hydrogen-bond donors (Lipinski definition) is 0. The van der Waals surface area contributed by atoms with Crippen LogP contribution in [0.1, 0.15) is 44.4 Å². The van der Waals surface area contributed by atoms with Crippen molar-refractivity contribution in [2.45, 2.75) is 45.6 Å². The van der Waals surface area contributed by atoms with E-state index in [1.807, 2.05) is 40.0 Å². The lowest BCUT2D eigenvalue weighted by molar-refractivity contribution is 0.0292. The summed E-state index contributed by atoms with van der Waals surface area (Å²) >= 11 is 0. The van der Waals surface area contributed by atoms with Crippen molar-refractivity contribution in [3.63, 3.8) is 0 Å². The van der Waals surface area contributed by atoms with Crippen molar-refractivity contribution in [3.05, 3.63) is 35.8 Å². The smallest absolute Gasteiger partial charge is 0.410 e. The summed E-state index contributed by atoms with van der Waals surface area (Å²) < 4.78 is 7.56. The quantitative estimate of drug-likeness (QED) is 0.811. The van der Waals surface area contributed by atoms with Gasteiger partial charge in [0.25, 0.3) is 0 Å². The highest BCUT2D eigenvalue weighted by Gasteiger charge is 2.30. The number of carbonyl (C=O) groups is 1. The molecule has 1 aliphatic rings. The normalized spacial score (nSPS) is 18.9. The molecule has 1 aliphatic heterocycles. The molecule has 1 fully saturated rings. The molecule has 2 aromatic heterocycles. The minimum absolute atomic E-state index is 0.213. The SMILES string of the molecule is Cc1cnc2ccc([C@H]3CCN(C(=O)OC(C)(C)C)C3)cn12. The molecule has 1 atom stereocenters. The number of carbonyl (C=O) groups excluding carboxylic acids is 1. The Labute approximate surface area is 130 Å². The fourth-order valence-corrected chi connectivity index (χ4v) is 2.88. The fourth-order valence-electron chi connectivity index (χ4n) is 2.88. The first-order chi connectivity index (χ1) is 10.3. The lowest BCUT2D eigenvalue weighted by Gasteiger charge is -2.24. The fraction of sp³-hybridized carbons (Fsp3) is 0.529. The highest BCUT2D eigenvalue weighted by atomic mass is 16.6. The topological polar surface area (TPSA) is 46.8 Å². The van der Waals surface area contributed by atoms with Crippen LogP contribution < -0.4 is 0 Å². The van der Waals surface area contributed by atoms with Gasteiger partial charge < -0.3 is 14.0 Å². The van der Waals surface area contributed by atoms with Crippen molar-refractivity contribution >= 4 is 11.7 Å². The molecule has 22 heavy (non-hydrogen) atoms. The summed E-state index contributed by atoms with van der Waals surface area (Å²) in [4.78, 5) is 18.3. The largest absolute Gasteiger partial charge is 0.444 e. The Balaban J connectivity index is 1.73. The van der Waals surface area contributed by atoms with Crippen molar-refractivity contribution in [3.8, 4) is 0 Å². The highest BCUT2D eigenvalue weighted by molar-refractivity contribution is 5.68. The van der Waals surface area contributed by atoms with Crippen LogP contribution in [0, 0.1) is 6.92 Å². The summed E-state index contributed by atoms with van der Waals surface area (Å²) in [5.74, 6) is 0.360. The number of amides is 1. The minimum atomic E-state index is -0.442. The third kappa shape index (κ3) is 2.93. The molecule has 5 nitrogen and oxygen atoms in total. The molecule has 0 aromatic carbocycles. The van der Waals surface area contributed by atoms with Gasteiger partial charge in [0.15, 0.2) is 0 Å². The standard InChI is InChI=1S/C17H23N3O2/c1-12-9-18-15-6-5-13(11-20(12)15)14-7-8-19(10-14)16(21)22-17(2,3)4/h5-6,9,11,14H,7-8,10H2,1-4H3/t14-/m0/s1. The van der Waals surface area contributed by atoms with E-state index < -0.39 is 5.60 Å². The molecule has 1 amide bonds. The molecular weight excluding hydrogens is 278 g/mol. The maximum Gasteiger partial charge on any atom is 0.410 e. The third-order valence-electron chi connectivity index (χ3n) is 4.02. The number of ether oxygens (including phenoxy) is 1. The molecule has 0 saturated carbocycles. The number of nitrogens with zero attached hydrogens (tertiary/aromatic N) is 3. The Morgan fingerprint density at radius 3 is 2.86 bits per heavy atom. The van der Waals surface area contributed by atoms with Crippen LogP contribution in [-0.4, -0.2) is 39.1 Å². The number of imidazole rings is 1. The van der Waals surface area contributed by atoms with Gasteiger partial charge in [0.2, 0.25) is 0 Å². The van der Waals surface area contributed by atoms with Gasteiger partial charge in [-0.2, -0.15) is 0 Å². The Morgan fingerprint density at radius 2 is 2.14 bits per heavy atom. The van der Waals surface area contributed by atoms with Crippen molar-refractivity contribution < 1.29 is 9.53 Å². The van der Waals surface area contributed by atoms with E-state index in [1.54, 1.807) is 4.90 Å². The first kappa shape index (κ1) is 14.9. The van der Waals surface area contributed by atoms with E-state index >= 15 is 0 Å². The van der Waals surface area contributed by atoms with E-state index in [1.165, 1.54) is 5.56 Å². The summed E-state index contributed by atoms with van der Waals surface area (Å²) in [6.07, 6.45) is 4.77. The Morgan fingerprint density at radius 1 is 1.36 bits per heavy atom. The first-order valence-electron chi connectivity index (χ1n) is 7.75. The zero-order chi connectivity index (χ0) is 15.9. The van der Waals surface area contributed by atoms with Gasteiger partial charge in [-0.15, -0.1) is 0 Å². The van der Waals surface area contributed by atoms with Gasteiger partial charge in [0, 0.05) is 37.1 Å².